The van der Waals surface area contributed by atoms with Crippen LogP contribution in [0.4, 0.5) is 0 Å². The second-order valence-corrected chi connectivity index (χ2v) is 0. The van der Waals surface area contributed by atoms with Crippen molar-refractivity contribution in [3.05, 3.63) is 0 Å². The maximum Gasteiger partial charge on any atom is 0.0319 e. The van der Waals surface area contributed by atoms with E-state index in [1.807, 2.05) is 27.7 Å². The molecular weight excluding hydrogens is 132 g/mol. The van der Waals surface area contributed by atoms with E-state index in [9.17, 15) is 0 Å². The SMILES string of the molecule is C.CC.CC.CO.CS.[3HH].[3HH]. The maximum atomic E-state index is 7.00. The van der Waals surface area contributed by atoms with Crippen molar-refractivity contribution in [2.45, 2.75) is 35.1 Å². The predicted molar refractivity (Wildman–Crippen MR) is 56.7 cm³/mol. The molecule has 0 aromatic rings. The molecule has 1 N–H and O–H groups in total. The monoisotopic (exact) mass is 164 g/mol. The lowest BCUT2D eigenvalue weighted by Gasteiger charge is -1.21. The molecule has 0 aliphatic rings. The second-order valence-electron chi connectivity index (χ2n) is 0. The molecule has 0 aliphatic carbocycles. The molecule has 68 valence electrons. The molecule has 9 heavy (non-hydrogen) atoms. The highest BCUT2D eigenvalue weighted by Gasteiger charge is 0.934. The third kappa shape index (κ3) is 3440. The molecule has 0 unspecified atom stereocenters. The first kappa shape index (κ1) is 34.6. The summed E-state index contributed by atoms with van der Waals surface area (Å²) in [5, 5.41) is 7.00. The van der Waals surface area contributed by atoms with Crippen LogP contribution in [0.3, 0.4) is 0 Å². The summed E-state index contributed by atoms with van der Waals surface area (Å²) in [6.07, 6.45) is 1.69. The van der Waals surface area contributed by atoms with Gasteiger partial charge in [-0.2, -0.15) is 12.6 Å². The minimum absolute atomic E-state index is 0. The zero-order valence-electron chi connectivity index (χ0n) is 6.89. The van der Waals surface area contributed by atoms with Crippen LogP contribution < -0.4 is 0 Å². The van der Waals surface area contributed by atoms with Crippen LogP contribution >= 0.6 is 12.6 Å². The molecule has 0 heterocycles. The summed E-state index contributed by atoms with van der Waals surface area (Å²) >= 11 is 3.53. The highest BCUT2D eigenvalue weighted by atomic mass is 32.1. The Bertz CT molecular complexity index is 16.4. The molecular formula is C7H28OS. The summed E-state index contributed by atoms with van der Waals surface area (Å²) in [5.41, 5.74) is 0. The van der Waals surface area contributed by atoms with E-state index in [0.29, 0.717) is 0 Å². The van der Waals surface area contributed by atoms with Crippen LogP contribution in [0.1, 0.15) is 38.0 Å². The van der Waals surface area contributed by atoms with Gasteiger partial charge < -0.3 is 5.11 Å². The third-order valence-electron chi connectivity index (χ3n) is 0. The zero-order valence-corrected chi connectivity index (χ0v) is 7.79. The van der Waals surface area contributed by atoms with Gasteiger partial charge >= 0.3 is 0 Å². The molecule has 0 radical (unpaired) electrons. The number of aliphatic hydroxyl groups excluding tert-OH is 1. The average molecular weight is 164 g/mol. The molecule has 0 fully saturated rings. The molecule has 2 heteroatoms. The lowest BCUT2D eigenvalue weighted by atomic mass is 11.0. The second kappa shape index (κ2) is 4620. The normalized spacial score (nSPS) is 2.67. The summed E-state index contributed by atoms with van der Waals surface area (Å²) in [5.74, 6) is 0. The van der Waals surface area contributed by atoms with Crippen LogP contribution in [0.25, 0.3) is 0 Å². The van der Waals surface area contributed by atoms with E-state index in [0.717, 1.165) is 7.11 Å². The first-order valence-corrected chi connectivity index (χ1v) is 3.79. The topological polar surface area (TPSA) is 20.2 Å². The van der Waals surface area contributed by atoms with Crippen LogP contribution in [-0.2, 0) is 0 Å². The van der Waals surface area contributed by atoms with Crippen LogP contribution in [0.15, 0.2) is 0 Å². The summed E-state index contributed by atoms with van der Waals surface area (Å²) in [7, 11) is 1.00. The van der Waals surface area contributed by atoms with Gasteiger partial charge in [-0.3, -0.25) is 0 Å². The van der Waals surface area contributed by atoms with E-state index in [1.165, 1.54) is 0 Å². The molecule has 0 spiro atoms. The van der Waals surface area contributed by atoms with E-state index in [2.05, 4.69) is 12.6 Å². The Hall–Kier alpha value is 0.310. The molecule has 0 saturated carbocycles. The van der Waals surface area contributed by atoms with Gasteiger partial charge in [0.1, 0.15) is 0 Å². The Morgan fingerprint density at radius 3 is 0.889 bits per heavy atom. The van der Waals surface area contributed by atoms with Gasteiger partial charge in [-0.1, -0.05) is 35.1 Å². The van der Waals surface area contributed by atoms with E-state index in [-0.39, 0.29) is 10.3 Å². The first-order valence-electron chi connectivity index (χ1n) is 2.89. The van der Waals surface area contributed by atoms with Gasteiger partial charge in [0, 0.05) is 9.96 Å². The summed E-state index contributed by atoms with van der Waals surface area (Å²) in [6.45, 7) is 8.00. The molecule has 0 amide bonds. The van der Waals surface area contributed by atoms with Crippen LogP contribution in [0.2, 0.25) is 0 Å². The lowest BCUT2D eigenvalue weighted by molar-refractivity contribution is 0.399. The zero-order chi connectivity index (χ0) is 8.00. The van der Waals surface area contributed by atoms with Gasteiger partial charge in [-0.15, -0.1) is 0 Å². The fourth-order valence-corrected chi connectivity index (χ4v) is 0. The van der Waals surface area contributed by atoms with Gasteiger partial charge in [0.2, 0.25) is 0 Å². The molecule has 0 aliphatic heterocycles. The molecule has 0 bridgehead atoms. The number of thiol groups is 1. The molecule has 0 aromatic heterocycles. The standard InChI is InChI=1S/2C2H6.CH4O.CH4S.CH4.2H2/c4*1-2;;;/h2*1-2H3;2*2H,1H3;1H4;2*1H/i;;;;;2*1+2. The maximum absolute atomic E-state index is 7.00. The van der Waals surface area contributed by atoms with E-state index in [4.69, 9.17) is 5.11 Å². The number of hydrogen-bond donors (Lipinski definition) is 2. The van der Waals surface area contributed by atoms with Crippen LogP contribution in [0.5, 0.6) is 0 Å². The predicted octanol–water partition coefficient (Wildman–Crippen LogP) is 3.34. The van der Waals surface area contributed by atoms with Crippen molar-refractivity contribution in [1.82, 2.24) is 0 Å². The fraction of sp³-hybridized carbons (Fsp3) is 1.00. The minimum atomic E-state index is 0. The number of rotatable bonds is 0. The fourth-order valence-electron chi connectivity index (χ4n) is 0. The number of hydrogen-bond acceptors (Lipinski definition) is 2. The lowest BCUT2D eigenvalue weighted by Crippen LogP contribution is -1.25. The molecule has 0 rings (SSSR count). The van der Waals surface area contributed by atoms with Gasteiger partial charge in [0.15, 0.2) is 0 Å². The van der Waals surface area contributed by atoms with Crippen molar-refractivity contribution in [2.75, 3.05) is 13.4 Å². The Labute approximate surface area is 69.9 Å². The highest BCUT2D eigenvalue weighted by molar-refractivity contribution is 7.79. The van der Waals surface area contributed by atoms with E-state index >= 15 is 0 Å². The van der Waals surface area contributed by atoms with Crippen molar-refractivity contribution in [3.63, 3.8) is 0 Å². The largest absolute Gasteiger partial charge is 0.400 e. The average Bonchev–Trinajstić information content (AvgIpc) is 2.03. The van der Waals surface area contributed by atoms with Crippen molar-refractivity contribution in [1.29, 1.82) is 0 Å². The molecule has 0 aromatic carbocycles. The summed E-state index contributed by atoms with van der Waals surface area (Å²) in [4.78, 5) is 0. The smallest absolute Gasteiger partial charge is 0.0319 e. The Kier molecular flexibility index (Phi) is 17800. The van der Waals surface area contributed by atoms with Gasteiger partial charge in [0.05, 0.1) is 0 Å². The Morgan fingerprint density at radius 1 is 0.889 bits per heavy atom. The van der Waals surface area contributed by atoms with Crippen molar-refractivity contribution >= 4 is 12.6 Å². The quantitative estimate of drug-likeness (QED) is 0.526. The molecule has 1 nitrogen and oxygen atoms in total. The molecule has 0 saturated heterocycles. The Balaban J connectivity index is -0.00000000356. The minimum Gasteiger partial charge on any atom is -0.400 e. The van der Waals surface area contributed by atoms with Gasteiger partial charge in [-0.05, 0) is 6.26 Å². The van der Waals surface area contributed by atoms with Crippen LogP contribution in [0, 0.1) is 0 Å². The van der Waals surface area contributed by atoms with E-state index in [1.54, 1.807) is 6.26 Å². The van der Waals surface area contributed by atoms with E-state index < -0.39 is 0 Å². The molecule has 0 atom stereocenters. The Morgan fingerprint density at radius 2 is 0.889 bits per heavy atom. The highest BCUT2D eigenvalue weighted by Crippen LogP contribution is 1.31. The summed E-state index contributed by atoms with van der Waals surface area (Å²) < 4.78 is 0. The third-order valence-corrected chi connectivity index (χ3v) is 0. The van der Waals surface area contributed by atoms with Crippen molar-refractivity contribution in [3.8, 4) is 0 Å². The van der Waals surface area contributed by atoms with Crippen molar-refractivity contribution in [2.24, 2.45) is 0 Å². The van der Waals surface area contributed by atoms with Gasteiger partial charge in [0.25, 0.3) is 0 Å². The van der Waals surface area contributed by atoms with Crippen molar-refractivity contribution < 1.29 is 7.96 Å². The first-order chi connectivity index (χ1) is 4.00. The van der Waals surface area contributed by atoms with Crippen LogP contribution in [-0.4, -0.2) is 18.5 Å². The van der Waals surface area contributed by atoms with Gasteiger partial charge in [-0.25, -0.2) is 0 Å². The summed E-state index contributed by atoms with van der Waals surface area (Å²) in [6, 6.07) is 0. The number of aliphatic hydroxyl groups is 1.